The number of halogens is 1. The quantitative estimate of drug-likeness (QED) is 0.849. The molecule has 23 heavy (non-hydrogen) atoms. The summed E-state index contributed by atoms with van der Waals surface area (Å²) in [6, 6.07) is 15.6. The number of hydrogen-bond donors (Lipinski definition) is 2. The van der Waals surface area contributed by atoms with E-state index in [0.717, 1.165) is 22.6 Å². The summed E-state index contributed by atoms with van der Waals surface area (Å²) < 4.78 is 5.77. The third-order valence-electron chi connectivity index (χ3n) is 3.51. The fraction of sp³-hybridized carbons (Fsp3) is 0.278. The average Bonchev–Trinajstić information content (AvgIpc) is 2.55. The third kappa shape index (κ3) is 5.58. The van der Waals surface area contributed by atoms with Crippen LogP contribution in [0.15, 0.2) is 48.5 Å². The molecule has 124 valence electrons. The molecule has 3 N–H and O–H groups in total. The van der Waals surface area contributed by atoms with Crippen LogP contribution in [0.2, 0.25) is 0 Å². The van der Waals surface area contributed by atoms with Crippen LogP contribution in [-0.2, 0) is 11.4 Å². The van der Waals surface area contributed by atoms with Crippen LogP contribution >= 0.6 is 12.4 Å². The predicted molar refractivity (Wildman–Crippen MR) is 96.0 cm³/mol. The molecule has 2 rings (SSSR count). The highest BCUT2D eigenvalue weighted by Gasteiger charge is 2.12. The van der Waals surface area contributed by atoms with Crippen molar-refractivity contribution in [2.24, 2.45) is 11.7 Å². The van der Waals surface area contributed by atoms with Crippen LogP contribution in [0.4, 0.5) is 5.69 Å². The third-order valence-corrected chi connectivity index (χ3v) is 3.51. The molecule has 0 aliphatic heterocycles. The topological polar surface area (TPSA) is 64.3 Å². The van der Waals surface area contributed by atoms with Crippen molar-refractivity contribution in [3.63, 3.8) is 0 Å². The number of aryl methyl sites for hydroxylation is 1. The zero-order chi connectivity index (χ0) is 15.9. The van der Waals surface area contributed by atoms with Gasteiger partial charge in [0.05, 0.1) is 0 Å². The smallest absolute Gasteiger partial charge is 0.228 e. The Morgan fingerprint density at radius 2 is 1.91 bits per heavy atom. The fourth-order valence-corrected chi connectivity index (χ4v) is 1.97. The molecular weight excluding hydrogens is 312 g/mol. The number of carbonyl (C=O) groups excluding carboxylic acids is 1. The first-order valence-corrected chi connectivity index (χ1v) is 7.38. The number of amides is 1. The summed E-state index contributed by atoms with van der Waals surface area (Å²) >= 11 is 0. The van der Waals surface area contributed by atoms with Crippen LogP contribution in [0.3, 0.4) is 0 Å². The van der Waals surface area contributed by atoms with E-state index in [1.807, 2.05) is 62.4 Å². The molecule has 0 radical (unpaired) electrons. The molecule has 0 saturated carbocycles. The molecule has 0 aliphatic rings. The molecule has 0 heterocycles. The SMILES string of the molecule is Cc1cc(OCc2ccccc2)ccc1NC(=O)C(C)CN.Cl. The maximum Gasteiger partial charge on any atom is 0.228 e. The lowest BCUT2D eigenvalue weighted by Gasteiger charge is -2.13. The number of nitrogens with two attached hydrogens (primary N) is 1. The minimum Gasteiger partial charge on any atom is -0.489 e. The number of nitrogens with one attached hydrogen (secondary N) is 1. The normalized spacial score (nSPS) is 11.3. The molecule has 5 heteroatoms. The first-order chi connectivity index (χ1) is 10.6. The van der Waals surface area contributed by atoms with Gasteiger partial charge in [-0.05, 0) is 36.2 Å². The number of anilines is 1. The highest BCUT2D eigenvalue weighted by Crippen LogP contribution is 2.22. The lowest BCUT2D eigenvalue weighted by molar-refractivity contribution is -0.119. The maximum absolute atomic E-state index is 11.9. The summed E-state index contributed by atoms with van der Waals surface area (Å²) in [5, 5.41) is 2.89. The zero-order valence-electron chi connectivity index (χ0n) is 13.4. The van der Waals surface area contributed by atoms with Gasteiger partial charge in [0.2, 0.25) is 5.91 Å². The highest BCUT2D eigenvalue weighted by atomic mass is 35.5. The Morgan fingerprint density at radius 1 is 1.22 bits per heavy atom. The maximum atomic E-state index is 11.9. The first kappa shape index (κ1) is 19.0. The monoisotopic (exact) mass is 334 g/mol. The van der Waals surface area contributed by atoms with Crippen LogP contribution in [0.1, 0.15) is 18.1 Å². The van der Waals surface area contributed by atoms with E-state index in [0.29, 0.717) is 13.2 Å². The van der Waals surface area contributed by atoms with Gasteiger partial charge in [-0.15, -0.1) is 12.4 Å². The van der Waals surface area contributed by atoms with E-state index >= 15 is 0 Å². The molecule has 1 unspecified atom stereocenters. The van der Waals surface area contributed by atoms with E-state index in [1.165, 1.54) is 0 Å². The van der Waals surface area contributed by atoms with E-state index in [2.05, 4.69) is 5.32 Å². The van der Waals surface area contributed by atoms with Crippen molar-refractivity contribution < 1.29 is 9.53 Å². The van der Waals surface area contributed by atoms with Crippen LogP contribution in [0.5, 0.6) is 5.75 Å². The molecule has 0 aromatic heterocycles. The lowest BCUT2D eigenvalue weighted by atomic mass is 10.1. The number of ether oxygens (including phenoxy) is 1. The Bertz CT molecular complexity index is 632. The molecule has 1 amide bonds. The van der Waals surface area contributed by atoms with Crippen molar-refractivity contribution >= 4 is 24.0 Å². The van der Waals surface area contributed by atoms with Crippen LogP contribution in [0.25, 0.3) is 0 Å². The van der Waals surface area contributed by atoms with Crippen molar-refractivity contribution in [3.05, 3.63) is 59.7 Å². The van der Waals surface area contributed by atoms with Gasteiger partial charge in [-0.1, -0.05) is 37.3 Å². The molecule has 2 aromatic carbocycles. The van der Waals surface area contributed by atoms with Gasteiger partial charge in [-0.3, -0.25) is 4.79 Å². The van der Waals surface area contributed by atoms with Gasteiger partial charge in [-0.25, -0.2) is 0 Å². The van der Waals surface area contributed by atoms with Gasteiger partial charge in [0.25, 0.3) is 0 Å². The molecule has 0 bridgehead atoms. The van der Waals surface area contributed by atoms with Gasteiger partial charge >= 0.3 is 0 Å². The van der Waals surface area contributed by atoms with Crippen molar-refractivity contribution in [2.75, 3.05) is 11.9 Å². The van der Waals surface area contributed by atoms with E-state index in [4.69, 9.17) is 10.5 Å². The Labute approximate surface area is 143 Å². The first-order valence-electron chi connectivity index (χ1n) is 7.38. The summed E-state index contributed by atoms with van der Waals surface area (Å²) in [4.78, 5) is 11.9. The van der Waals surface area contributed by atoms with Crippen LogP contribution in [-0.4, -0.2) is 12.5 Å². The molecule has 2 aromatic rings. The zero-order valence-corrected chi connectivity index (χ0v) is 14.2. The number of benzene rings is 2. The molecule has 0 saturated heterocycles. The lowest BCUT2D eigenvalue weighted by Crippen LogP contribution is -2.26. The summed E-state index contributed by atoms with van der Waals surface area (Å²) in [6.45, 7) is 4.61. The summed E-state index contributed by atoms with van der Waals surface area (Å²) in [6.07, 6.45) is 0. The Kier molecular flexibility index (Phi) is 7.59. The minimum atomic E-state index is -0.201. The summed E-state index contributed by atoms with van der Waals surface area (Å²) in [5.74, 6) is 0.517. The fourth-order valence-electron chi connectivity index (χ4n) is 1.97. The van der Waals surface area contributed by atoms with Gasteiger partial charge in [0, 0.05) is 18.2 Å². The van der Waals surface area contributed by atoms with Gasteiger partial charge in [0.1, 0.15) is 12.4 Å². The second-order valence-corrected chi connectivity index (χ2v) is 5.38. The van der Waals surface area contributed by atoms with E-state index < -0.39 is 0 Å². The van der Waals surface area contributed by atoms with E-state index in [9.17, 15) is 4.79 Å². The average molecular weight is 335 g/mol. The summed E-state index contributed by atoms with van der Waals surface area (Å²) in [5.41, 5.74) is 8.37. The molecular formula is C18H23ClN2O2. The Morgan fingerprint density at radius 3 is 2.52 bits per heavy atom. The van der Waals surface area contributed by atoms with Gasteiger partial charge in [-0.2, -0.15) is 0 Å². The van der Waals surface area contributed by atoms with Crippen molar-refractivity contribution in [2.45, 2.75) is 20.5 Å². The number of carbonyl (C=O) groups is 1. The molecule has 0 spiro atoms. The second kappa shape index (κ2) is 9.18. The second-order valence-electron chi connectivity index (χ2n) is 5.38. The van der Waals surface area contributed by atoms with Crippen molar-refractivity contribution in [3.8, 4) is 5.75 Å². The Hall–Kier alpha value is -2.04. The van der Waals surface area contributed by atoms with E-state index in [-0.39, 0.29) is 24.2 Å². The molecule has 0 fully saturated rings. The van der Waals surface area contributed by atoms with Crippen LogP contribution < -0.4 is 15.8 Å². The highest BCUT2D eigenvalue weighted by molar-refractivity contribution is 5.93. The van der Waals surface area contributed by atoms with Gasteiger partial charge in [0.15, 0.2) is 0 Å². The van der Waals surface area contributed by atoms with Crippen LogP contribution in [0, 0.1) is 12.8 Å². The Balaban J connectivity index is 0.00000264. The van der Waals surface area contributed by atoms with Gasteiger partial charge < -0.3 is 15.8 Å². The summed E-state index contributed by atoms with van der Waals surface area (Å²) in [7, 11) is 0. The molecule has 0 aliphatic carbocycles. The van der Waals surface area contributed by atoms with Crippen molar-refractivity contribution in [1.82, 2.24) is 0 Å². The van der Waals surface area contributed by atoms with Crippen molar-refractivity contribution in [1.29, 1.82) is 0 Å². The minimum absolute atomic E-state index is 0. The van der Waals surface area contributed by atoms with E-state index in [1.54, 1.807) is 0 Å². The molecule has 4 nitrogen and oxygen atoms in total. The standard InChI is InChI=1S/C18H22N2O2.ClH/c1-13-10-16(22-12-15-6-4-3-5-7-15)8-9-17(13)20-18(21)14(2)11-19;/h3-10,14H,11-12,19H2,1-2H3,(H,20,21);1H. The largest absolute Gasteiger partial charge is 0.489 e. The predicted octanol–water partition coefficient (Wildman–Crippen LogP) is 3.53. The molecule has 1 atom stereocenters. The number of rotatable bonds is 6. The number of hydrogen-bond acceptors (Lipinski definition) is 3.